The predicted octanol–water partition coefficient (Wildman–Crippen LogP) is 7.09. The number of ketones is 1. The molecule has 0 aliphatic rings. The van der Waals surface area contributed by atoms with Gasteiger partial charge in [-0.15, -0.1) is 0 Å². The van der Waals surface area contributed by atoms with E-state index < -0.39 is 0 Å². The molecular weight excluding hydrogens is 419 g/mol. The van der Waals surface area contributed by atoms with Crippen molar-refractivity contribution in [2.24, 2.45) is 0 Å². The van der Waals surface area contributed by atoms with Crippen LogP contribution in [-0.2, 0) is 6.61 Å². The van der Waals surface area contributed by atoms with Gasteiger partial charge in [0, 0.05) is 16.1 Å². The molecule has 3 aromatic carbocycles. The maximum absolute atomic E-state index is 12.5. The van der Waals surface area contributed by atoms with E-state index in [2.05, 4.69) is 0 Å². The van der Waals surface area contributed by atoms with Gasteiger partial charge in [-0.2, -0.15) is 0 Å². The molecule has 0 N–H and O–H groups in total. The summed E-state index contributed by atoms with van der Waals surface area (Å²) in [4.78, 5) is 12.5. The lowest BCUT2D eigenvalue weighted by molar-refractivity contribution is 0.104. The molecule has 3 rings (SSSR count). The highest BCUT2D eigenvalue weighted by Crippen LogP contribution is 2.27. The van der Waals surface area contributed by atoms with Crippen molar-refractivity contribution < 1.29 is 14.3 Å². The van der Waals surface area contributed by atoms with E-state index in [9.17, 15) is 4.79 Å². The number of hydrogen-bond acceptors (Lipinski definition) is 3. The van der Waals surface area contributed by atoms with Gasteiger partial charge < -0.3 is 9.47 Å². The molecule has 5 heteroatoms. The van der Waals surface area contributed by atoms with Gasteiger partial charge >= 0.3 is 0 Å². The third-order valence-corrected chi connectivity index (χ3v) is 5.26. The van der Waals surface area contributed by atoms with Crippen LogP contribution >= 0.6 is 23.2 Å². The minimum absolute atomic E-state index is 0.194. The average molecular weight is 441 g/mol. The van der Waals surface area contributed by atoms with Gasteiger partial charge in [0.1, 0.15) is 18.1 Å². The van der Waals surface area contributed by atoms with Crippen LogP contribution in [0.5, 0.6) is 11.5 Å². The van der Waals surface area contributed by atoms with E-state index in [-0.39, 0.29) is 5.78 Å². The molecule has 3 nitrogen and oxygen atoms in total. The third kappa shape index (κ3) is 5.24. The topological polar surface area (TPSA) is 35.5 Å². The van der Waals surface area contributed by atoms with Crippen LogP contribution in [0.15, 0.2) is 60.7 Å². The smallest absolute Gasteiger partial charge is 0.187 e. The van der Waals surface area contributed by atoms with Gasteiger partial charge in [-0.25, -0.2) is 0 Å². The molecule has 0 spiro atoms. The van der Waals surface area contributed by atoms with E-state index in [1.165, 1.54) is 6.08 Å². The summed E-state index contributed by atoms with van der Waals surface area (Å²) in [6, 6.07) is 16.6. The van der Waals surface area contributed by atoms with E-state index >= 15 is 0 Å². The first-order valence-electron chi connectivity index (χ1n) is 9.42. The lowest BCUT2D eigenvalue weighted by Gasteiger charge is -2.14. The maximum Gasteiger partial charge on any atom is 0.187 e. The van der Waals surface area contributed by atoms with Crippen LogP contribution in [0.25, 0.3) is 6.08 Å². The van der Waals surface area contributed by atoms with Crippen molar-refractivity contribution in [2.75, 3.05) is 7.11 Å². The standard InChI is InChI=1S/C25H22Cl2O3/c1-16-5-4-6-17(2)25(16)30-15-19-13-18(8-12-24(19)29-3)7-11-23(28)21-10-9-20(26)14-22(21)27/h4-14H,15H2,1-3H3/b11-7+. The third-order valence-electron chi connectivity index (χ3n) is 4.71. The largest absolute Gasteiger partial charge is 0.496 e. The molecule has 0 aromatic heterocycles. The second-order valence-electron chi connectivity index (χ2n) is 6.90. The fourth-order valence-electron chi connectivity index (χ4n) is 3.14. The van der Waals surface area contributed by atoms with Crippen molar-refractivity contribution in [2.45, 2.75) is 20.5 Å². The highest BCUT2D eigenvalue weighted by atomic mass is 35.5. The van der Waals surface area contributed by atoms with Gasteiger partial charge in [0.15, 0.2) is 5.78 Å². The Labute approximate surface area is 186 Å². The Hall–Kier alpha value is -2.75. The molecule has 0 aliphatic carbocycles. The minimum Gasteiger partial charge on any atom is -0.496 e. The second-order valence-corrected chi connectivity index (χ2v) is 7.75. The molecule has 0 saturated carbocycles. The number of methoxy groups -OCH3 is 1. The normalized spacial score (nSPS) is 11.0. The van der Waals surface area contributed by atoms with Crippen LogP contribution < -0.4 is 9.47 Å². The molecule has 0 heterocycles. The molecule has 0 atom stereocenters. The van der Waals surface area contributed by atoms with E-state index in [1.807, 2.05) is 50.2 Å². The molecule has 0 amide bonds. The number of rotatable bonds is 7. The molecular formula is C25H22Cl2O3. The quantitative estimate of drug-likeness (QED) is 0.290. The highest BCUT2D eigenvalue weighted by Gasteiger charge is 2.10. The lowest BCUT2D eigenvalue weighted by Crippen LogP contribution is -2.01. The fraction of sp³-hybridized carbons (Fsp3) is 0.160. The van der Waals surface area contributed by atoms with Crippen molar-refractivity contribution in [1.29, 1.82) is 0 Å². The summed E-state index contributed by atoms with van der Waals surface area (Å²) >= 11 is 12.0. The van der Waals surface area contributed by atoms with Gasteiger partial charge in [-0.1, -0.05) is 53.5 Å². The second kappa shape index (κ2) is 9.84. The number of para-hydroxylation sites is 1. The zero-order valence-corrected chi connectivity index (χ0v) is 18.6. The van der Waals surface area contributed by atoms with Crippen LogP contribution in [0, 0.1) is 13.8 Å². The summed E-state index contributed by atoms with van der Waals surface area (Å²) in [5, 5.41) is 0.818. The lowest BCUT2D eigenvalue weighted by atomic mass is 10.1. The summed E-state index contributed by atoms with van der Waals surface area (Å²) in [6.07, 6.45) is 3.24. The number of halogens is 2. The molecule has 0 aliphatic heterocycles. The Morgan fingerprint density at radius 2 is 1.73 bits per heavy atom. The Morgan fingerprint density at radius 3 is 2.40 bits per heavy atom. The highest BCUT2D eigenvalue weighted by molar-refractivity contribution is 6.37. The Balaban J connectivity index is 1.80. The zero-order chi connectivity index (χ0) is 21.7. The minimum atomic E-state index is -0.194. The van der Waals surface area contributed by atoms with Gasteiger partial charge in [0.2, 0.25) is 0 Å². The number of carbonyl (C=O) groups is 1. The van der Waals surface area contributed by atoms with Crippen molar-refractivity contribution in [3.05, 3.63) is 98.5 Å². The molecule has 0 fully saturated rings. The zero-order valence-electron chi connectivity index (χ0n) is 17.0. The predicted molar refractivity (Wildman–Crippen MR) is 123 cm³/mol. The van der Waals surface area contributed by atoms with Crippen LogP contribution in [0.4, 0.5) is 0 Å². The van der Waals surface area contributed by atoms with Gasteiger partial charge in [-0.05, 0) is 66.9 Å². The first kappa shape index (κ1) is 21.9. The van der Waals surface area contributed by atoms with E-state index in [0.29, 0.717) is 22.2 Å². The van der Waals surface area contributed by atoms with Crippen molar-refractivity contribution >= 4 is 35.1 Å². The maximum atomic E-state index is 12.5. The first-order chi connectivity index (χ1) is 14.4. The monoisotopic (exact) mass is 440 g/mol. The van der Waals surface area contributed by atoms with E-state index in [1.54, 1.807) is 31.4 Å². The molecule has 30 heavy (non-hydrogen) atoms. The molecule has 0 saturated heterocycles. The van der Waals surface area contributed by atoms with Crippen molar-refractivity contribution in [3.8, 4) is 11.5 Å². The summed E-state index contributed by atoms with van der Waals surface area (Å²) < 4.78 is 11.5. The Morgan fingerprint density at radius 1 is 1.00 bits per heavy atom. The summed E-state index contributed by atoms with van der Waals surface area (Å²) in [5.74, 6) is 1.40. The van der Waals surface area contributed by atoms with Crippen LogP contribution in [-0.4, -0.2) is 12.9 Å². The van der Waals surface area contributed by atoms with Crippen molar-refractivity contribution in [3.63, 3.8) is 0 Å². The first-order valence-corrected chi connectivity index (χ1v) is 10.2. The Bertz CT molecular complexity index is 1080. The molecule has 3 aromatic rings. The molecule has 0 bridgehead atoms. The van der Waals surface area contributed by atoms with Crippen LogP contribution in [0.3, 0.4) is 0 Å². The SMILES string of the molecule is COc1ccc(/C=C/C(=O)c2ccc(Cl)cc2Cl)cc1COc1c(C)cccc1C. The molecule has 0 unspecified atom stereocenters. The van der Waals surface area contributed by atoms with Crippen LogP contribution in [0.1, 0.15) is 32.6 Å². The number of hydrogen-bond donors (Lipinski definition) is 0. The van der Waals surface area contributed by atoms with Gasteiger partial charge in [0.25, 0.3) is 0 Å². The average Bonchev–Trinajstić information content (AvgIpc) is 2.71. The van der Waals surface area contributed by atoms with Gasteiger partial charge in [-0.3, -0.25) is 4.79 Å². The van der Waals surface area contributed by atoms with Gasteiger partial charge in [0.05, 0.1) is 12.1 Å². The fourth-order valence-corrected chi connectivity index (χ4v) is 3.64. The van der Waals surface area contributed by atoms with Crippen LogP contribution in [0.2, 0.25) is 10.0 Å². The number of aryl methyl sites for hydroxylation is 2. The molecule has 0 radical (unpaired) electrons. The van der Waals surface area contributed by atoms with E-state index in [0.717, 1.165) is 33.8 Å². The molecule has 154 valence electrons. The van der Waals surface area contributed by atoms with Crippen molar-refractivity contribution in [1.82, 2.24) is 0 Å². The number of carbonyl (C=O) groups excluding carboxylic acids is 1. The number of allylic oxidation sites excluding steroid dienone is 1. The number of benzene rings is 3. The van der Waals surface area contributed by atoms with E-state index in [4.69, 9.17) is 32.7 Å². The Kier molecular flexibility index (Phi) is 7.20. The summed E-state index contributed by atoms with van der Waals surface area (Å²) in [5.41, 5.74) is 4.31. The summed E-state index contributed by atoms with van der Waals surface area (Å²) in [7, 11) is 1.62. The summed E-state index contributed by atoms with van der Waals surface area (Å²) in [6.45, 7) is 4.39. The number of ether oxygens (including phenoxy) is 2.